The molecule has 11 nitrogen and oxygen atoms in total. The third kappa shape index (κ3) is 8.27. The number of nitrogens with one attached hydrogen (secondary N) is 3. The number of nitrogens with zero attached hydrogens (tertiary/aromatic N) is 2. The fourth-order valence-corrected chi connectivity index (χ4v) is 3.35. The Bertz CT molecular complexity index is 1400. The highest BCUT2D eigenvalue weighted by molar-refractivity contribution is 7.85. The molecule has 1 aliphatic rings. The molecule has 0 aliphatic carbocycles. The van der Waals surface area contributed by atoms with Gasteiger partial charge in [-0.1, -0.05) is 17.7 Å². The zero-order valence-electron chi connectivity index (χ0n) is 19.9. The Balaban J connectivity index is 0.000000695. The van der Waals surface area contributed by atoms with Crippen LogP contribution in [0.4, 0.5) is 17.1 Å². The minimum absolute atomic E-state index is 0.108. The lowest BCUT2D eigenvalue weighted by molar-refractivity contribution is 0.102. The van der Waals surface area contributed by atoms with Crippen molar-refractivity contribution in [3.63, 3.8) is 0 Å². The number of amides is 2. The van der Waals surface area contributed by atoms with E-state index in [0.29, 0.717) is 41.4 Å². The zero-order chi connectivity index (χ0) is 27.2. The topological polar surface area (TPSA) is 162 Å². The normalized spacial score (nSPS) is 12.8. The summed E-state index contributed by atoms with van der Waals surface area (Å²) in [5.41, 5.74) is 3.17. The third-order valence-electron chi connectivity index (χ3n) is 4.86. The molecule has 1 aliphatic heterocycles. The van der Waals surface area contributed by atoms with Crippen molar-refractivity contribution in [1.29, 1.82) is 5.41 Å². The van der Waals surface area contributed by atoms with E-state index in [-0.39, 0.29) is 17.6 Å². The summed E-state index contributed by atoms with van der Waals surface area (Å²) in [4.78, 5) is 31.3. The number of carbonyl (C=O) groups is 2. The molecular formula is C24H24ClN5O6S. The van der Waals surface area contributed by atoms with Crippen molar-refractivity contribution in [2.75, 3.05) is 34.9 Å². The van der Waals surface area contributed by atoms with Crippen LogP contribution in [0.3, 0.4) is 0 Å². The average Bonchev–Trinajstić information content (AvgIpc) is 3.24. The number of rotatable bonds is 5. The lowest BCUT2D eigenvalue weighted by Gasteiger charge is -2.16. The molecule has 194 valence electrons. The minimum atomic E-state index is -3.67. The Labute approximate surface area is 218 Å². The van der Waals surface area contributed by atoms with Crippen LogP contribution in [0.1, 0.15) is 26.4 Å². The second-order valence-corrected chi connectivity index (χ2v) is 9.81. The molecule has 0 unspecified atom stereocenters. The van der Waals surface area contributed by atoms with E-state index in [1.165, 1.54) is 12.3 Å². The van der Waals surface area contributed by atoms with E-state index in [0.717, 1.165) is 11.3 Å². The molecule has 2 aromatic carbocycles. The first-order valence-electron chi connectivity index (χ1n) is 10.8. The van der Waals surface area contributed by atoms with Crippen LogP contribution in [0.2, 0.25) is 5.02 Å². The smallest absolute Gasteiger partial charge is 0.289 e. The molecule has 4 rings (SSSR count). The molecule has 13 heteroatoms. The maximum absolute atomic E-state index is 12.9. The number of benzene rings is 2. The van der Waals surface area contributed by atoms with Gasteiger partial charge < -0.3 is 15.4 Å². The van der Waals surface area contributed by atoms with E-state index >= 15 is 0 Å². The van der Waals surface area contributed by atoms with E-state index in [4.69, 9.17) is 26.3 Å². The van der Waals surface area contributed by atoms with Crippen molar-refractivity contribution in [2.45, 2.75) is 6.92 Å². The molecule has 2 heterocycles. The molecule has 1 fully saturated rings. The first-order valence-corrected chi connectivity index (χ1v) is 13.0. The van der Waals surface area contributed by atoms with Gasteiger partial charge in [-0.25, -0.2) is 4.98 Å². The number of halogens is 1. The molecule has 4 N–H and O–H groups in total. The highest BCUT2D eigenvalue weighted by Gasteiger charge is 2.20. The number of aryl methyl sites for hydroxylation is 1. The van der Waals surface area contributed by atoms with Gasteiger partial charge in [-0.05, 0) is 61.0 Å². The first kappa shape index (κ1) is 27.6. The zero-order valence-corrected chi connectivity index (χ0v) is 21.4. The molecule has 0 saturated carbocycles. The van der Waals surface area contributed by atoms with Gasteiger partial charge in [0.15, 0.2) is 0 Å². The number of hydrogen-bond acceptors (Lipinski definition) is 7. The average molecular weight is 546 g/mol. The SMILES string of the molecule is CS(=O)(=O)O.Cc1ccc(C(=O)Nc2ccc(N3CCOC3=N)cc2)c(NC(=O)c2ccc(Cl)cn2)c1. The van der Waals surface area contributed by atoms with E-state index in [2.05, 4.69) is 15.6 Å². The summed E-state index contributed by atoms with van der Waals surface area (Å²) in [6.45, 7) is 2.96. The molecule has 0 atom stereocenters. The number of ether oxygens (including phenoxy) is 1. The highest BCUT2D eigenvalue weighted by atomic mass is 35.5. The molecule has 0 radical (unpaired) electrons. The summed E-state index contributed by atoms with van der Waals surface area (Å²) >= 11 is 5.83. The van der Waals surface area contributed by atoms with Gasteiger partial charge in [0.05, 0.1) is 29.1 Å². The Kier molecular flexibility index (Phi) is 8.81. The number of carbonyl (C=O) groups excluding carboxylic acids is 2. The van der Waals surface area contributed by atoms with Gasteiger partial charge in [0, 0.05) is 17.6 Å². The van der Waals surface area contributed by atoms with E-state index in [1.54, 1.807) is 41.3 Å². The summed E-state index contributed by atoms with van der Waals surface area (Å²) in [6.07, 6.45) is 2.10. The number of anilines is 3. The summed E-state index contributed by atoms with van der Waals surface area (Å²) in [7, 11) is -3.67. The van der Waals surface area contributed by atoms with Crippen LogP contribution in [0.25, 0.3) is 0 Å². The van der Waals surface area contributed by atoms with Crippen molar-refractivity contribution < 1.29 is 27.3 Å². The van der Waals surface area contributed by atoms with E-state index in [1.807, 2.05) is 19.1 Å². The Morgan fingerprint density at radius 3 is 2.32 bits per heavy atom. The van der Waals surface area contributed by atoms with Gasteiger partial charge in [-0.15, -0.1) is 0 Å². The van der Waals surface area contributed by atoms with Gasteiger partial charge in [0.1, 0.15) is 12.3 Å². The predicted octanol–water partition coefficient (Wildman–Crippen LogP) is 3.82. The standard InChI is InChI=1S/C23H20ClN5O3.CH4O3S/c1-14-2-8-18(20(12-14)28-22(31)19-9-3-15(24)13-26-19)21(30)27-16-4-6-17(7-5-16)29-10-11-32-23(29)25;1-5(2,3)4/h2-9,12-13,25H,10-11H2,1H3,(H,27,30)(H,28,31);1H3,(H,2,3,4). The second kappa shape index (κ2) is 11.8. The molecule has 0 spiro atoms. The largest absolute Gasteiger partial charge is 0.463 e. The molecule has 1 saturated heterocycles. The van der Waals surface area contributed by atoms with Crippen LogP contribution in [0, 0.1) is 12.3 Å². The summed E-state index contributed by atoms with van der Waals surface area (Å²) in [6, 6.07) is 15.5. The van der Waals surface area contributed by atoms with Gasteiger partial charge >= 0.3 is 0 Å². The number of amidine groups is 1. The van der Waals surface area contributed by atoms with Crippen molar-refractivity contribution in [1.82, 2.24) is 4.98 Å². The highest BCUT2D eigenvalue weighted by Crippen LogP contribution is 2.23. The van der Waals surface area contributed by atoms with Crippen molar-refractivity contribution in [2.24, 2.45) is 0 Å². The lowest BCUT2D eigenvalue weighted by atomic mass is 10.1. The van der Waals surface area contributed by atoms with Crippen LogP contribution in [0.5, 0.6) is 0 Å². The second-order valence-electron chi connectivity index (χ2n) is 7.90. The maximum Gasteiger partial charge on any atom is 0.289 e. The van der Waals surface area contributed by atoms with Crippen molar-refractivity contribution >= 4 is 56.6 Å². The van der Waals surface area contributed by atoms with Crippen LogP contribution in [-0.4, -0.2) is 55.2 Å². The lowest BCUT2D eigenvalue weighted by Crippen LogP contribution is -2.23. The summed E-state index contributed by atoms with van der Waals surface area (Å²) in [5, 5.41) is 13.8. The van der Waals surface area contributed by atoms with Crippen molar-refractivity contribution in [3.8, 4) is 0 Å². The third-order valence-corrected chi connectivity index (χ3v) is 5.09. The van der Waals surface area contributed by atoms with Crippen LogP contribution in [-0.2, 0) is 14.9 Å². The molecular weight excluding hydrogens is 522 g/mol. The van der Waals surface area contributed by atoms with Crippen molar-refractivity contribution in [3.05, 3.63) is 82.6 Å². The summed E-state index contributed by atoms with van der Waals surface area (Å²) < 4.78 is 31.0. The fourth-order valence-electron chi connectivity index (χ4n) is 3.24. The van der Waals surface area contributed by atoms with Crippen LogP contribution < -0.4 is 15.5 Å². The first-order chi connectivity index (χ1) is 17.4. The van der Waals surface area contributed by atoms with Gasteiger partial charge in [-0.2, -0.15) is 8.42 Å². The van der Waals surface area contributed by atoms with Gasteiger partial charge in [0.2, 0.25) is 0 Å². The Hall–Kier alpha value is -4.00. The Morgan fingerprint density at radius 1 is 1.08 bits per heavy atom. The molecule has 3 aromatic rings. The van der Waals surface area contributed by atoms with Gasteiger partial charge in [-0.3, -0.25) is 24.5 Å². The summed E-state index contributed by atoms with van der Waals surface area (Å²) in [5.74, 6) is -0.810. The number of aromatic nitrogens is 1. The monoisotopic (exact) mass is 545 g/mol. The van der Waals surface area contributed by atoms with Gasteiger partial charge in [0.25, 0.3) is 28.0 Å². The molecule has 2 amide bonds. The Morgan fingerprint density at radius 2 is 1.76 bits per heavy atom. The van der Waals surface area contributed by atoms with E-state index in [9.17, 15) is 18.0 Å². The van der Waals surface area contributed by atoms with Crippen LogP contribution in [0.15, 0.2) is 60.8 Å². The molecule has 37 heavy (non-hydrogen) atoms. The number of hydrogen-bond donors (Lipinski definition) is 4. The van der Waals surface area contributed by atoms with Crippen LogP contribution >= 0.6 is 11.6 Å². The quantitative estimate of drug-likeness (QED) is 0.352. The number of pyridine rings is 1. The van der Waals surface area contributed by atoms with E-state index < -0.39 is 16.0 Å². The molecule has 0 bridgehead atoms. The molecule has 1 aromatic heterocycles. The minimum Gasteiger partial charge on any atom is -0.463 e. The fraction of sp³-hybridized carbons (Fsp3) is 0.167. The maximum atomic E-state index is 12.9. The predicted molar refractivity (Wildman–Crippen MR) is 141 cm³/mol.